The molecule has 0 aromatic carbocycles. The van der Waals surface area contributed by atoms with Crippen LogP contribution in [0.5, 0.6) is 0 Å². The Hall–Kier alpha value is -3.58. The molecule has 1 amide bonds. The van der Waals surface area contributed by atoms with Crippen molar-refractivity contribution in [3.05, 3.63) is 41.3 Å². The lowest BCUT2D eigenvalue weighted by Gasteiger charge is -2.39. The Morgan fingerprint density at radius 2 is 1.80 bits per heavy atom. The van der Waals surface area contributed by atoms with E-state index in [9.17, 15) is 13.2 Å². The van der Waals surface area contributed by atoms with Gasteiger partial charge in [0.25, 0.3) is 0 Å². The highest BCUT2D eigenvalue weighted by molar-refractivity contribution is 7.91. The van der Waals surface area contributed by atoms with Gasteiger partial charge in [-0.1, -0.05) is 6.07 Å². The van der Waals surface area contributed by atoms with Crippen LogP contribution >= 0.6 is 11.3 Å². The van der Waals surface area contributed by atoms with E-state index in [1.807, 2.05) is 50.9 Å². The summed E-state index contributed by atoms with van der Waals surface area (Å²) in [5, 5.41) is 5.24. The molecule has 2 N–H and O–H groups in total. The van der Waals surface area contributed by atoms with Crippen molar-refractivity contribution in [3.63, 3.8) is 0 Å². The lowest BCUT2D eigenvalue weighted by atomic mass is 9.88. The Bertz CT molecular complexity index is 1740. The summed E-state index contributed by atoms with van der Waals surface area (Å²) in [5.74, 6) is -0.164. The second kappa shape index (κ2) is 9.76. The van der Waals surface area contributed by atoms with Gasteiger partial charge in [0.2, 0.25) is 0 Å². The number of rotatable bonds is 4. The zero-order valence-electron chi connectivity index (χ0n) is 23.7. The van der Waals surface area contributed by atoms with Crippen molar-refractivity contribution in [3.8, 4) is 21.8 Å². The fourth-order valence-corrected chi connectivity index (χ4v) is 7.84. The van der Waals surface area contributed by atoms with Crippen molar-refractivity contribution in [1.29, 1.82) is 0 Å². The molecule has 11 nitrogen and oxygen atoms in total. The minimum Gasteiger partial charge on any atom is -0.444 e. The van der Waals surface area contributed by atoms with Crippen LogP contribution in [-0.2, 0) is 14.6 Å². The van der Waals surface area contributed by atoms with Gasteiger partial charge in [-0.3, -0.25) is 4.98 Å². The maximum absolute atomic E-state index is 13.1. The van der Waals surface area contributed by atoms with E-state index in [2.05, 4.69) is 15.1 Å². The second-order valence-electron chi connectivity index (χ2n) is 11.9. The standard InChI is InChI=1S/C28H33N7O4S2/c1-15-12-31-26(40-15)21-9-6-16(13-30-21)20-14-32-35-24(29)23(41(5,37)38)22(33-25(20)35)17-10-18-7-8-19(11-17)34(18)27(36)39-28(2,3)4/h6,9,12-14,17-19H,7-8,10-11,29H2,1-5H3/t17?,18-,19?/m1/s1. The molecule has 3 atom stereocenters. The minimum absolute atomic E-state index is 0.00220. The Morgan fingerprint density at radius 3 is 2.37 bits per heavy atom. The molecule has 0 spiro atoms. The molecule has 2 bridgehead atoms. The maximum Gasteiger partial charge on any atom is 0.410 e. The fraction of sp³-hybridized carbons (Fsp3) is 0.464. The molecule has 0 aliphatic carbocycles. The number of fused-ring (bicyclic) bond motifs is 3. The van der Waals surface area contributed by atoms with E-state index in [-0.39, 0.29) is 34.8 Å². The maximum atomic E-state index is 13.1. The number of nitrogens with two attached hydrogens (primary N) is 1. The lowest BCUT2D eigenvalue weighted by Crippen LogP contribution is -2.48. The molecular weight excluding hydrogens is 562 g/mol. The number of piperidine rings is 1. The van der Waals surface area contributed by atoms with E-state index in [4.69, 9.17) is 15.5 Å². The van der Waals surface area contributed by atoms with E-state index < -0.39 is 15.4 Å². The predicted octanol–water partition coefficient (Wildman–Crippen LogP) is 4.85. The van der Waals surface area contributed by atoms with Gasteiger partial charge in [-0.05, 0) is 59.4 Å². The Balaban J connectivity index is 1.39. The summed E-state index contributed by atoms with van der Waals surface area (Å²) in [6.07, 6.45) is 8.84. The normalized spacial score (nSPS) is 21.0. The number of hydrogen-bond acceptors (Lipinski definition) is 10. The summed E-state index contributed by atoms with van der Waals surface area (Å²) in [7, 11) is -3.73. The fourth-order valence-electron chi connectivity index (χ4n) is 6.04. The van der Waals surface area contributed by atoms with Crippen molar-refractivity contribution in [2.45, 2.75) is 81.9 Å². The zero-order valence-corrected chi connectivity index (χ0v) is 25.3. The van der Waals surface area contributed by atoms with Crippen LogP contribution in [-0.4, -0.2) is 67.9 Å². The van der Waals surface area contributed by atoms with Crippen LogP contribution in [0.3, 0.4) is 0 Å². The highest BCUT2D eigenvalue weighted by Crippen LogP contribution is 2.45. The average Bonchev–Trinajstić information content (AvgIpc) is 3.58. The van der Waals surface area contributed by atoms with Crippen LogP contribution in [0.15, 0.2) is 35.6 Å². The van der Waals surface area contributed by atoms with E-state index in [0.717, 1.165) is 40.2 Å². The SMILES string of the molecule is Cc1cnc(-c2ccc(-c3cnn4c(N)c(S(C)(=O)=O)c(C5CC6CC[C@H](C5)N6C(=O)OC(C)(C)C)nc34)cn2)s1. The first-order valence-corrected chi connectivity index (χ1v) is 16.3. The molecule has 2 fully saturated rings. The van der Waals surface area contributed by atoms with Gasteiger partial charge in [-0.25, -0.2) is 23.2 Å². The van der Waals surface area contributed by atoms with Crippen LogP contribution in [0.25, 0.3) is 27.5 Å². The molecule has 216 valence electrons. The molecule has 4 aromatic rings. The highest BCUT2D eigenvalue weighted by Gasteiger charge is 2.46. The minimum atomic E-state index is -3.73. The third-order valence-electron chi connectivity index (χ3n) is 7.67. The number of aromatic nitrogens is 5. The number of nitrogen functional groups attached to an aromatic ring is 1. The predicted molar refractivity (Wildman–Crippen MR) is 156 cm³/mol. The number of anilines is 1. The van der Waals surface area contributed by atoms with Gasteiger partial charge >= 0.3 is 6.09 Å². The van der Waals surface area contributed by atoms with Crippen LogP contribution < -0.4 is 5.73 Å². The number of pyridine rings is 1. The molecule has 0 radical (unpaired) electrons. The monoisotopic (exact) mass is 595 g/mol. The number of thiazole rings is 1. The van der Waals surface area contributed by atoms with E-state index >= 15 is 0 Å². The van der Waals surface area contributed by atoms with Gasteiger partial charge in [0.15, 0.2) is 15.5 Å². The molecule has 2 unspecified atom stereocenters. The molecule has 41 heavy (non-hydrogen) atoms. The summed E-state index contributed by atoms with van der Waals surface area (Å²) in [5.41, 5.74) is 9.06. The van der Waals surface area contributed by atoms with Crippen molar-refractivity contribution in [2.24, 2.45) is 0 Å². The quantitative estimate of drug-likeness (QED) is 0.350. The summed E-state index contributed by atoms with van der Waals surface area (Å²) < 4.78 is 33.2. The third-order valence-corrected chi connectivity index (χ3v) is 9.77. The molecule has 6 rings (SSSR count). The largest absolute Gasteiger partial charge is 0.444 e. The van der Waals surface area contributed by atoms with Crippen LogP contribution in [0.4, 0.5) is 10.6 Å². The van der Waals surface area contributed by atoms with Gasteiger partial charge in [-0.15, -0.1) is 11.3 Å². The number of nitrogens with zero attached hydrogens (tertiary/aromatic N) is 6. The number of amides is 1. The smallest absolute Gasteiger partial charge is 0.410 e. The first kappa shape index (κ1) is 27.6. The number of ether oxygens (including phenoxy) is 1. The lowest BCUT2D eigenvalue weighted by molar-refractivity contribution is 0.00559. The van der Waals surface area contributed by atoms with Crippen molar-refractivity contribution < 1.29 is 17.9 Å². The van der Waals surface area contributed by atoms with E-state index in [1.165, 1.54) is 4.52 Å². The highest BCUT2D eigenvalue weighted by atomic mass is 32.2. The summed E-state index contributed by atoms with van der Waals surface area (Å²) in [6, 6.07) is 3.71. The van der Waals surface area contributed by atoms with Gasteiger partial charge in [0.05, 0.1) is 17.6 Å². The van der Waals surface area contributed by atoms with Gasteiger partial charge < -0.3 is 15.4 Å². The Morgan fingerprint density at radius 1 is 1.10 bits per heavy atom. The van der Waals surface area contributed by atoms with Crippen LogP contribution in [0.2, 0.25) is 0 Å². The third kappa shape index (κ3) is 5.05. The van der Waals surface area contributed by atoms with Crippen molar-refractivity contribution >= 4 is 38.7 Å². The molecular formula is C28H33N7O4S2. The van der Waals surface area contributed by atoms with E-state index in [1.54, 1.807) is 23.7 Å². The average molecular weight is 596 g/mol. The van der Waals surface area contributed by atoms with Gasteiger partial charge in [0, 0.05) is 52.7 Å². The molecule has 2 aliphatic heterocycles. The number of sulfone groups is 1. The summed E-state index contributed by atoms with van der Waals surface area (Å²) in [6.45, 7) is 7.56. The van der Waals surface area contributed by atoms with Gasteiger partial charge in [-0.2, -0.15) is 9.61 Å². The van der Waals surface area contributed by atoms with Crippen LogP contribution in [0, 0.1) is 6.92 Å². The number of carbonyl (C=O) groups is 1. The van der Waals surface area contributed by atoms with Crippen molar-refractivity contribution in [2.75, 3.05) is 12.0 Å². The molecule has 13 heteroatoms. The molecule has 2 saturated heterocycles. The Labute approximate surface area is 242 Å². The van der Waals surface area contributed by atoms with Gasteiger partial charge in [0.1, 0.15) is 21.3 Å². The molecule has 4 aromatic heterocycles. The molecule has 6 heterocycles. The zero-order chi connectivity index (χ0) is 29.3. The number of aryl methyl sites for hydroxylation is 1. The summed E-state index contributed by atoms with van der Waals surface area (Å²) >= 11 is 1.57. The number of hydrogen-bond donors (Lipinski definition) is 1. The first-order valence-electron chi connectivity index (χ1n) is 13.6. The molecule has 2 aliphatic rings. The van der Waals surface area contributed by atoms with Crippen molar-refractivity contribution in [1.82, 2.24) is 29.5 Å². The molecule has 0 saturated carbocycles. The second-order valence-corrected chi connectivity index (χ2v) is 15.1. The van der Waals surface area contributed by atoms with Crippen LogP contribution in [0.1, 0.15) is 62.9 Å². The van der Waals surface area contributed by atoms with E-state index in [0.29, 0.717) is 29.7 Å². The topological polar surface area (TPSA) is 146 Å². The first-order chi connectivity index (χ1) is 19.3. The Kier molecular flexibility index (Phi) is 6.57. The number of carbonyl (C=O) groups excluding carboxylic acids is 1. The summed E-state index contributed by atoms with van der Waals surface area (Å²) in [4.78, 5) is 29.9.